The molecule has 0 fully saturated rings. The number of methoxy groups -OCH3 is 1. The number of rotatable bonds is 7. The molecule has 0 saturated heterocycles. The van der Waals surface area contributed by atoms with Gasteiger partial charge in [0.1, 0.15) is 10.8 Å². The Hall–Kier alpha value is -2.34. The maximum absolute atomic E-state index is 12.8. The highest BCUT2D eigenvalue weighted by atomic mass is 32.1. The van der Waals surface area contributed by atoms with Crippen LogP contribution in [0.15, 0.2) is 24.3 Å². The molecular weight excluding hydrogens is 362 g/mol. The fourth-order valence-electron chi connectivity index (χ4n) is 3.21. The number of hydrogen-bond acceptors (Lipinski definition) is 5. The summed E-state index contributed by atoms with van der Waals surface area (Å²) in [5.74, 6) is 0.0378. The van der Waals surface area contributed by atoms with E-state index < -0.39 is 0 Å². The molecule has 0 aliphatic heterocycles. The third-order valence-electron chi connectivity index (χ3n) is 4.65. The fraction of sp³-hybridized carbons (Fsp3) is 0.429. The summed E-state index contributed by atoms with van der Waals surface area (Å²) >= 11 is 1.49. The number of esters is 1. The Morgan fingerprint density at radius 1 is 1.22 bits per heavy atom. The largest absolute Gasteiger partial charge is 0.494 e. The molecular formula is C21H25NO4S. The summed E-state index contributed by atoms with van der Waals surface area (Å²) in [5, 5.41) is 3.50. The van der Waals surface area contributed by atoms with E-state index >= 15 is 0 Å². The number of nitrogens with one attached hydrogen (secondary N) is 1. The van der Waals surface area contributed by atoms with E-state index in [-0.39, 0.29) is 11.9 Å². The molecule has 0 atom stereocenters. The molecule has 0 saturated carbocycles. The Bertz CT molecular complexity index is 828. The van der Waals surface area contributed by atoms with E-state index in [0.717, 1.165) is 44.1 Å². The van der Waals surface area contributed by atoms with Gasteiger partial charge in [0.15, 0.2) is 0 Å². The van der Waals surface area contributed by atoms with Gasteiger partial charge in [0.05, 0.1) is 19.3 Å². The number of fused-ring (bicyclic) bond motifs is 1. The van der Waals surface area contributed by atoms with Crippen molar-refractivity contribution >= 4 is 28.2 Å². The number of anilines is 1. The number of benzene rings is 1. The molecule has 0 bridgehead atoms. The van der Waals surface area contributed by atoms with Crippen LogP contribution in [-0.4, -0.2) is 25.6 Å². The number of unbranched alkanes of at least 4 members (excludes halogenated alkanes) is 1. The van der Waals surface area contributed by atoms with Crippen LogP contribution in [0.5, 0.6) is 5.75 Å². The fourth-order valence-corrected chi connectivity index (χ4v) is 4.48. The third-order valence-corrected chi connectivity index (χ3v) is 5.86. The number of aryl methyl sites for hydroxylation is 1. The van der Waals surface area contributed by atoms with E-state index in [9.17, 15) is 9.59 Å². The summed E-state index contributed by atoms with van der Waals surface area (Å²) in [6, 6.07) is 7.12. The van der Waals surface area contributed by atoms with Crippen molar-refractivity contribution < 1.29 is 19.1 Å². The quantitative estimate of drug-likeness (QED) is 0.545. The van der Waals surface area contributed by atoms with Gasteiger partial charge >= 0.3 is 5.97 Å². The minimum Gasteiger partial charge on any atom is -0.494 e. The van der Waals surface area contributed by atoms with Crippen molar-refractivity contribution in [1.82, 2.24) is 0 Å². The molecule has 6 heteroatoms. The van der Waals surface area contributed by atoms with Crippen LogP contribution in [0.25, 0.3) is 0 Å². The summed E-state index contributed by atoms with van der Waals surface area (Å²) in [4.78, 5) is 26.2. The van der Waals surface area contributed by atoms with Crippen LogP contribution in [0.1, 0.15) is 63.8 Å². The molecule has 1 N–H and O–H groups in total. The summed E-state index contributed by atoms with van der Waals surface area (Å²) < 4.78 is 10.6. The minimum atomic E-state index is -0.388. The smallest absolute Gasteiger partial charge is 0.341 e. The molecule has 27 heavy (non-hydrogen) atoms. The summed E-state index contributed by atoms with van der Waals surface area (Å²) in [7, 11) is 1.37. The van der Waals surface area contributed by atoms with Crippen molar-refractivity contribution in [3.63, 3.8) is 0 Å². The normalized spacial score (nSPS) is 13.0. The number of thiophene rings is 1. The molecule has 0 radical (unpaired) electrons. The zero-order valence-corrected chi connectivity index (χ0v) is 16.6. The zero-order valence-electron chi connectivity index (χ0n) is 15.8. The molecule has 5 nitrogen and oxygen atoms in total. The highest BCUT2D eigenvalue weighted by Crippen LogP contribution is 2.38. The Labute approximate surface area is 163 Å². The number of amides is 1. The summed E-state index contributed by atoms with van der Waals surface area (Å²) in [5.41, 5.74) is 2.05. The Morgan fingerprint density at radius 2 is 2.04 bits per heavy atom. The van der Waals surface area contributed by atoms with Crippen molar-refractivity contribution in [3.8, 4) is 5.75 Å². The molecule has 0 spiro atoms. The first-order valence-electron chi connectivity index (χ1n) is 9.41. The second kappa shape index (κ2) is 9.04. The third kappa shape index (κ3) is 4.50. The second-order valence-corrected chi connectivity index (χ2v) is 7.70. The molecule has 1 heterocycles. The van der Waals surface area contributed by atoms with Gasteiger partial charge in [0.25, 0.3) is 5.91 Å². The molecule has 1 aliphatic rings. The lowest BCUT2D eigenvalue weighted by Crippen LogP contribution is -2.15. The van der Waals surface area contributed by atoms with Crippen LogP contribution in [0, 0.1) is 0 Å². The van der Waals surface area contributed by atoms with E-state index in [4.69, 9.17) is 9.47 Å². The van der Waals surface area contributed by atoms with E-state index in [1.807, 2.05) is 6.07 Å². The van der Waals surface area contributed by atoms with Gasteiger partial charge in [-0.1, -0.05) is 19.4 Å². The zero-order chi connectivity index (χ0) is 19.2. The van der Waals surface area contributed by atoms with Gasteiger partial charge in [-0.25, -0.2) is 4.79 Å². The number of ether oxygens (including phenoxy) is 2. The van der Waals surface area contributed by atoms with Crippen LogP contribution in [-0.2, 0) is 17.6 Å². The van der Waals surface area contributed by atoms with E-state index in [0.29, 0.717) is 28.5 Å². The van der Waals surface area contributed by atoms with Gasteiger partial charge in [-0.2, -0.15) is 0 Å². The Kier molecular flexibility index (Phi) is 6.50. The van der Waals surface area contributed by atoms with Gasteiger partial charge in [-0.05, 0) is 55.9 Å². The predicted octanol–water partition coefficient (Wildman–Crippen LogP) is 4.84. The van der Waals surface area contributed by atoms with Gasteiger partial charge < -0.3 is 14.8 Å². The first-order chi connectivity index (χ1) is 13.1. The standard InChI is InChI=1S/C21H25NO4S/c1-3-4-12-26-15-9-7-8-14(13-15)19(23)22-20-18(21(24)25-2)16-10-5-6-11-17(16)27-20/h7-9,13H,3-6,10-12H2,1-2H3,(H,22,23). The van der Waals surface area contributed by atoms with Crippen LogP contribution in [0.3, 0.4) is 0 Å². The molecule has 1 amide bonds. The van der Waals surface area contributed by atoms with E-state index in [1.54, 1.807) is 18.2 Å². The van der Waals surface area contributed by atoms with Crippen molar-refractivity contribution in [2.45, 2.75) is 45.4 Å². The Morgan fingerprint density at radius 3 is 2.81 bits per heavy atom. The average Bonchev–Trinajstić information content (AvgIpc) is 3.05. The lowest BCUT2D eigenvalue weighted by atomic mass is 9.95. The van der Waals surface area contributed by atoms with Gasteiger partial charge in [-0.15, -0.1) is 11.3 Å². The lowest BCUT2D eigenvalue weighted by Gasteiger charge is -2.12. The first kappa shape index (κ1) is 19.4. The van der Waals surface area contributed by atoms with Crippen molar-refractivity contribution in [1.29, 1.82) is 0 Å². The Balaban J connectivity index is 1.81. The lowest BCUT2D eigenvalue weighted by molar-refractivity contribution is 0.0601. The van der Waals surface area contributed by atoms with E-state index in [2.05, 4.69) is 12.2 Å². The van der Waals surface area contributed by atoms with Crippen LogP contribution in [0.2, 0.25) is 0 Å². The molecule has 1 aromatic carbocycles. The van der Waals surface area contributed by atoms with Crippen LogP contribution < -0.4 is 10.1 Å². The maximum Gasteiger partial charge on any atom is 0.341 e. The number of carbonyl (C=O) groups is 2. The van der Waals surface area contributed by atoms with E-state index in [1.165, 1.54) is 23.3 Å². The highest BCUT2D eigenvalue weighted by Gasteiger charge is 2.27. The van der Waals surface area contributed by atoms with Gasteiger partial charge in [0.2, 0.25) is 0 Å². The van der Waals surface area contributed by atoms with Crippen molar-refractivity contribution in [2.75, 3.05) is 19.0 Å². The number of hydrogen-bond donors (Lipinski definition) is 1. The van der Waals surface area contributed by atoms with Gasteiger partial charge in [-0.3, -0.25) is 4.79 Å². The monoisotopic (exact) mass is 387 g/mol. The highest BCUT2D eigenvalue weighted by molar-refractivity contribution is 7.17. The molecule has 2 aromatic rings. The predicted molar refractivity (Wildman–Crippen MR) is 107 cm³/mol. The molecule has 1 aromatic heterocycles. The first-order valence-corrected chi connectivity index (χ1v) is 10.2. The molecule has 144 valence electrons. The van der Waals surface area contributed by atoms with Crippen molar-refractivity contribution in [2.24, 2.45) is 0 Å². The second-order valence-electron chi connectivity index (χ2n) is 6.59. The topological polar surface area (TPSA) is 64.6 Å². The molecule has 0 unspecified atom stereocenters. The summed E-state index contributed by atoms with van der Waals surface area (Å²) in [6.07, 6.45) is 5.99. The van der Waals surface area contributed by atoms with Crippen LogP contribution in [0.4, 0.5) is 5.00 Å². The maximum atomic E-state index is 12.8. The average molecular weight is 388 g/mol. The minimum absolute atomic E-state index is 0.250. The van der Waals surface area contributed by atoms with Crippen molar-refractivity contribution in [3.05, 3.63) is 45.8 Å². The van der Waals surface area contributed by atoms with Gasteiger partial charge in [0, 0.05) is 10.4 Å². The summed E-state index contributed by atoms with van der Waals surface area (Å²) in [6.45, 7) is 2.73. The SMILES string of the molecule is CCCCOc1cccc(C(=O)Nc2sc3c(c2C(=O)OC)CCCC3)c1. The molecule has 3 rings (SSSR count). The number of carbonyl (C=O) groups excluding carboxylic acids is 2. The van der Waals surface area contributed by atoms with Crippen LogP contribution >= 0.6 is 11.3 Å². The molecule has 1 aliphatic carbocycles.